The van der Waals surface area contributed by atoms with Crippen molar-refractivity contribution in [2.75, 3.05) is 0 Å². The Kier molecular flexibility index (Phi) is 4.68. The number of hydrogen-bond donors (Lipinski definition) is 1. The molecule has 0 radical (unpaired) electrons. The van der Waals surface area contributed by atoms with Crippen LogP contribution in [-0.2, 0) is 13.0 Å². The number of benzene rings is 1. The third-order valence-electron chi connectivity index (χ3n) is 2.93. The summed E-state index contributed by atoms with van der Waals surface area (Å²) in [5, 5.41) is 2.92. The van der Waals surface area contributed by atoms with E-state index in [2.05, 4.69) is 39.2 Å². The number of carbonyl (C=O) groups is 1. The minimum Gasteiger partial charge on any atom is -0.348 e. The number of hydrogen-bond acceptors (Lipinski definition) is 2. The van der Waals surface area contributed by atoms with Crippen molar-refractivity contribution in [3.8, 4) is 0 Å². The average Bonchev–Trinajstić information content (AvgIpc) is 2.45. The predicted octanol–water partition coefficient (Wildman–Crippen LogP) is 3.34. The van der Waals surface area contributed by atoms with E-state index < -0.39 is 0 Å². The Morgan fingerprint density at radius 3 is 2.58 bits per heavy atom. The lowest BCUT2D eigenvalue weighted by Crippen LogP contribution is -2.23. The van der Waals surface area contributed by atoms with Gasteiger partial charge in [-0.3, -0.25) is 4.79 Å². The fourth-order valence-corrected chi connectivity index (χ4v) is 2.10. The second-order valence-electron chi connectivity index (χ2n) is 4.17. The first kappa shape index (κ1) is 13.7. The molecule has 1 heterocycles. The molecule has 4 heteroatoms. The zero-order valence-electron chi connectivity index (χ0n) is 10.7. The molecule has 1 amide bonds. The van der Waals surface area contributed by atoms with Gasteiger partial charge in [-0.15, -0.1) is 0 Å². The highest BCUT2D eigenvalue weighted by Crippen LogP contribution is 2.10. The van der Waals surface area contributed by atoms with Gasteiger partial charge in [0.1, 0.15) is 4.60 Å². The summed E-state index contributed by atoms with van der Waals surface area (Å²) < 4.78 is 0.723. The van der Waals surface area contributed by atoms with Gasteiger partial charge >= 0.3 is 0 Å². The number of amides is 1. The normalized spacial score (nSPS) is 10.2. The van der Waals surface area contributed by atoms with Crippen LogP contribution < -0.4 is 5.32 Å². The van der Waals surface area contributed by atoms with Crippen LogP contribution in [0.2, 0.25) is 0 Å². The second kappa shape index (κ2) is 6.48. The van der Waals surface area contributed by atoms with Crippen molar-refractivity contribution >= 4 is 21.8 Å². The molecular formula is C15H15BrN2O. The standard InChI is InChI=1S/C15H15BrN2O/c1-2-11-5-3-4-6-12(11)9-18-15(19)13-7-8-14(16)17-10-13/h3-8,10H,2,9H2,1H3,(H,18,19). The van der Waals surface area contributed by atoms with E-state index in [4.69, 9.17) is 0 Å². The maximum atomic E-state index is 12.0. The number of carbonyl (C=O) groups excluding carboxylic acids is 1. The smallest absolute Gasteiger partial charge is 0.253 e. The molecule has 0 unspecified atom stereocenters. The molecule has 0 aliphatic carbocycles. The third-order valence-corrected chi connectivity index (χ3v) is 3.40. The first-order valence-electron chi connectivity index (χ1n) is 6.17. The van der Waals surface area contributed by atoms with Gasteiger partial charge in [-0.05, 0) is 45.6 Å². The molecule has 0 saturated carbocycles. The average molecular weight is 319 g/mol. The van der Waals surface area contributed by atoms with Gasteiger partial charge in [-0.2, -0.15) is 0 Å². The zero-order chi connectivity index (χ0) is 13.7. The molecule has 1 aromatic carbocycles. The summed E-state index contributed by atoms with van der Waals surface area (Å²) in [4.78, 5) is 16.0. The summed E-state index contributed by atoms with van der Waals surface area (Å²) in [6, 6.07) is 11.6. The van der Waals surface area contributed by atoms with Gasteiger partial charge in [0.2, 0.25) is 0 Å². The lowest BCUT2D eigenvalue weighted by Gasteiger charge is -2.09. The van der Waals surface area contributed by atoms with Crippen LogP contribution in [0, 0.1) is 0 Å². The molecule has 1 aromatic heterocycles. The van der Waals surface area contributed by atoms with Crippen LogP contribution in [0.1, 0.15) is 28.4 Å². The number of halogens is 1. The minimum absolute atomic E-state index is 0.106. The monoisotopic (exact) mass is 318 g/mol. The summed E-state index contributed by atoms with van der Waals surface area (Å²) in [5.74, 6) is -0.106. The quantitative estimate of drug-likeness (QED) is 0.878. The van der Waals surface area contributed by atoms with Crippen LogP contribution in [-0.4, -0.2) is 10.9 Å². The Morgan fingerprint density at radius 2 is 1.95 bits per heavy atom. The molecule has 0 fully saturated rings. The van der Waals surface area contributed by atoms with Crippen molar-refractivity contribution in [2.24, 2.45) is 0 Å². The maximum Gasteiger partial charge on any atom is 0.253 e. The van der Waals surface area contributed by atoms with E-state index in [-0.39, 0.29) is 5.91 Å². The van der Waals surface area contributed by atoms with Crippen LogP contribution in [0.25, 0.3) is 0 Å². The van der Waals surface area contributed by atoms with Crippen molar-refractivity contribution in [1.29, 1.82) is 0 Å². The van der Waals surface area contributed by atoms with Crippen molar-refractivity contribution in [2.45, 2.75) is 19.9 Å². The summed E-state index contributed by atoms with van der Waals surface area (Å²) >= 11 is 3.25. The van der Waals surface area contributed by atoms with E-state index in [0.29, 0.717) is 12.1 Å². The molecule has 0 atom stereocenters. The Hall–Kier alpha value is -1.68. The predicted molar refractivity (Wildman–Crippen MR) is 78.9 cm³/mol. The van der Waals surface area contributed by atoms with Crippen molar-refractivity contribution < 1.29 is 4.79 Å². The molecule has 98 valence electrons. The van der Waals surface area contributed by atoms with Gasteiger partial charge < -0.3 is 5.32 Å². The van der Waals surface area contributed by atoms with E-state index in [1.807, 2.05) is 18.2 Å². The number of nitrogens with zero attached hydrogens (tertiary/aromatic N) is 1. The molecular weight excluding hydrogens is 304 g/mol. The highest BCUT2D eigenvalue weighted by molar-refractivity contribution is 9.10. The van der Waals surface area contributed by atoms with Crippen LogP contribution in [0.4, 0.5) is 0 Å². The van der Waals surface area contributed by atoms with Crippen LogP contribution in [0.5, 0.6) is 0 Å². The first-order valence-corrected chi connectivity index (χ1v) is 6.96. The molecule has 0 bridgehead atoms. The summed E-state index contributed by atoms with van der Waals surface area (Å²) in [6.07, 6.45) is 2.52. The molecule has 19 heavy (non-hydrogen) atoms. The number of pyridine rings is 1. The van der Waals surface area contributed by atoms with Crippen molar-refractivity contribution in [1.82, 2.24) is 10.3 Å². The maximum absolute atomic E-state index is 12.0. The summed E-state index contributed by atoms with van der Waals surface area (Å²) in [7, 11) is 0. The van der Waals surface area contributed by atoms with Gasteiger partial charge in [0.05, 0.1) is 5.56 Å². The largest absolute Gasteiger partial charge is 0.348 e. The number of aromatic nitrogens is 1. The SMILES string of the molecule is CCc1ccccc1CNC(=O)c1ccc(Br)nc1. The van der Waals surface area contributed by atoms with Gasteiger partial charge in [0.25, 0.3) is 5.91 Å². The van der Waals surface area contributed by atoms with Crippen LogP contribution in [0.15, 0.2) is 47.2 Å². The number of nitrogens with one attached hydrogen (secondary N) is 1. The van der Waals surface area contributed by atoms with E-state index in [0.717, 1.165) is 16.6 Å². The molecule has 0 aliphatic rings. The number of rotatable bonds is 4. The Bertz CT molecular complexity index is 567. The highest BCUT2D eigenvalue weighted by Gasteiger charge is 2.06. The van der Waals surface area contributed by atoms with E-state index in [1.54, 1.807) is 18.3 Å². The van der Waals surface area contributed by atoms with Crippen molar-refractivity contribution in [3.63, 3.8) is 0 Å². The summed E-state index contributed by atoms with van der Waals surface area (Å²) in [6.45, 7) is 2.65. The summed E-state index contributed by atoms with van der Waals surface area (Å²) in [5.41, 5.74) is 2.98. The third kappa shape index (κ3) is 3.64. The highest BCUT2D eigenvalue weighted by atomic mass is 79.9. The fraction of sp³-hybridized carbons (Fsp3) is 0.200. The van der Waals surface area contributed by atoms with E-state index in [9.17, 15) is 4.79 Å². The lowest BCUT2D eigenvalue weighted by atomic mass is 10.1. The van der Waals surface area contributed by atoms with Gasteiger partial charge in [-0.25, -0.2) is 4.98 Å². The topological polar surface area (TPSA) is 42.0 Å². The molecule has 3 nitrogen and oxygen atoms in total. The second-order valence-corrected chi connectivity index (χ2v) is 4.99. The Morgan fingerprint density at radius 1 is 1.21 bits per heavy atom. The van der Waals surface area contributed by atoms with E-state index in [1.165, 1.54) is 5.56 Å². The van der Waals surface area contributed by atoms with Gasteiger partial charge in [0, 0.05) is 12.7 Å². The van der Waals surface area contributed by atoms with Crippen LogP contribution >= 0.6 is 15.9 Å². The first-order chi connectivity index (χ1) is 9.20. The van der Waals surface area contributed by atoms with Crippen LogP contribution in [0.3, 0.4) is 0 Å². The van der Waals surface area contributed by atoms with E-state index >= 15 is 0 Å². The van der Waals surface area contributed by atoms with Gasteiger partial charge in [0.15, 0.2) is 0 Å². The zero-order valence-corrected chi connectivity index (χ0v) is 12.3. The molecule has 2 aromatic rings. The Labute approximate surface area is 121 Å². The minimum atomic E-state index is -0.106. The fourth-order valence-electron chi connectivity index (χ4n) is 1.86. The molecule has 1 N–H and O–H groups in total. The lowest BCUT2D eigenvalue weighted by molar-refractivity contribution is 0.0950. The molecule has 0 saturated heterocycles. The van der Waals surface area contributed by atoms with Gasteiger partial charge in [-0.1, -0.05) is 31.2 Å². The number of aryl methyl sites for hydroxylation is 1. The molecule has 0 spiro atoms. The van der Waals surface area contributed by atoms with Crippen molar-refractivity contribution in [3.05, 3.63) is 63.9 Å². The Balaban J connectivity index is 2.02. The molecule has 2 rings (SSSR count). The molecule has 0 aliphatic heterocycles.